The monoisotopic (exact) mass is 500 g/mol. The molecule has 4 rings (SSSR count). The minimum atomic E-state index is -4.65. The zero-order valence-corrected chi connectivity index (χ0v) is 20.9. The normalized spacial score (nSPS) is 16.9. The molecule has 9 heteroatoms. The smallest absolute Gasteiger partial charge is 0.407 e. The van der Waals surface area contributed by atoms with Crippen LogP contribution >= 0.6 is 0 Å². The number of nitriles is 1. The van der Waals surface area contributed by atoms with Gasteiger partial charge in [-0.1, -0.05) is 32.0 Å². The lowest BCUT2D eigenvalue weighted by atomic mass is 9.98. The molecule has 36 heavy (non-hydrogen) atoms. The first-order valence-electron chi connectivity index (χ1n) is 12.1. The highest BCUT2D eigenvalue weighted by molar-refractivity contribution is 6.05. The van der Waals surface area contributed by atoms with Crippen molar-refractivity contribution in [1.29, 1.82) is 5.26 Å². The summed E-state index contributed by atoms with van der Waals surface area (Å²) < 4.78 is 48.7. The summed E-state index contributed by atoms with van der Waals surface area (Å²) in [7, 11) is 3.93. The van der Waals surface area contributed by atoms with Crippen molar-refractivity contribution in [2.45, 2.75) is 63.5 Å². The minimum absolute atomic E-state index is 0.0337. The number of halogens is 3. The molecule has 1 amide bonds. The number of nitrogens with zero attached hydrogens (tertiary/aromatic N) is 2. The number of benzene rings is 2. The summed E-state index contributed by atoms with van der Waals surface area (Å²) in [6.07, 6.45) is -3.45. The van der Waals surface area contributed by atoms with Crippen LogP contribution in [-0.4, -0.2) is 42.7 Å². The van der Waals surface area contributed by atoms with E-state index in [4.69, 9.17) is 4.42 Å². The molecule has 2 N–H and O–H groups in total. The Hall–Kier alpha value is -3.09. The third-order valence-electron chi connectivity index (χ3n) is 6.44. The van der Waals surface area contributed by atoms with Gasteiger partial charge in [0.05, 0.1) is 12.1 Å². The molecule has 1 saturated carbocycles. The highest BCUT2D eigenvalue weighted by Crippen LogP contribution is 2.38. The van der Waals surface area contributed by atoms with Crippen LogP contribution in [0.5, 0.6) is 0 Å². The summed E-state index contributed by atoms with van der Waals surface area (Å²) in [6, 6.07) is 9.11. The van der Waals surface area contributed by atoms with Gasteiger partial charge in [-0.15, -0.1) is 0 Å². The summed E-state index contributed by atoms with van der Waals surface area (Å²) in [5.41, 5.74) is 1.03. The van der Waals surface area contributed by atoms with Gasteiger partial charge in [0.2, 0.25) is 5.91 Å². The Labute approximate surface area is 208 Å². The van der Waals surface area contributed by atoms with Crippen molar-refractivity contribution in [1.82, 2.24) is 15.5 Å². The maximum atomic E-state index is 14.3. The van der Waals surface area contributed by atoms with Gasteiger partial charge < -0.3 is 14.6 Å². The largest absolute Gasteiger partial charge is 0.456 e. The van der Waals surface area contributed by atoms with Crippen molar-refractivity contribution in [3.63, 3.8) is 0 Å². The first-order chi connectivity index (χ1) is 16.9. The van der Waals surface area contributed by atoms with E-state index >= 15 is 0 Å². The summed E-state index contributed by atoms with van der Waals surface area (Å²) in [5, 5.41) is 16.1. The van der Waals surface area contributed by atoms with E-state index in [-0.39, 0.29) is 17.9 Å². The van der Waals surface area contributed by atoms with E-state index in [0.717, 1.165) is 22.9 Å². The Morgan fingerprint density at radius 1 is 1.14 bits per heavy atom. The number of hydrogen-bond acceptors (Lipinski definition) is 5. The van der Waals surface area contributed by atoms with Gasteiger partial charge in [0.1, 0.15) is 22.7 Å². The number of alkyl halides is 3. The quantitative estimate of drug-likeness (QED) is 0.410. The number of carbonyl (C=O) groups excluding carboxylic acids is 1. The number of furan rings is 1. The van der Waals surface area contributed by atoms with E-state index < -0.39 is 29.7 Å². The first-order valence-corrected chi connectivity index (χ1v) is 12.1. The fourth-order valence-corrected chi connectivity index (χ4v) is 4.50. The topological polar surface area (TPSA) is 81.3 Å². The number of amides is 1. The molecule has 2 atom stereocenters. The second-order valence-corrected chi connectivity index (χ2v) is 10.4. The maximum absolute atomic E-state index is 14.3. The third-order valence-corrected chi connectivity index (χ3v) is 6.44. The second kappa shape index (κ2) is 9.75. The fraction of sp³-hybridized carbons (Fsp3) is 0.481. The molecule has 3 aromatic rings. The second-order valence-electron chi connectivity index (χ2n) is 10.4. The van der Waals surface area contributed by atoms with E-state index in [1.165, 1.54) is 12.1 Å². The van der Waals surface area contributed by atoms with Crippen LogP contribution < -0.4 is 10.6 Å². The summed E-state index contributed by atoms with van der Waals surface area (Å²) in [5.74, 6) is -0.621. The molecule has 1 aliphatic carbocycles. The molecule has 2 aromatic carbocycles. The summed E-state index contributed by atoms with van der Waals surface area (Å²) in [4.78, 5) is 14.9. The number of carbonyl (C=O) groups is 1. The number of fused-ring (bicyclic) bond motifs is 3. The lowest BCUT2D eigenvalue weighted by molar-refractivity contribution is -0.161. The Morgan fingerprint density at radius 3 is 2.44 bits per heavy atom. The molecule has 1 heterocycles. The number of hydrogen-bond donors (Lipinski definition) is 2. The molecule has 0 spiro atoms. The molecule has 192 valence electrons. The predicted molar refractivity (Wildman–Crippen MR) is 132 cm³/mol. The predicted octanol–water partition coefficient (Wildman–Crippen LogP) is 5.43. The molecular weight excluding hydrogens is 469 g/mol. The lowest BCUT2D eigenvalue weighted by Crippen LogP contribution is -2.52. The molecule has 6 nitrogen and oxygen atoms in total. The Balaban J connectivity index is 1.67. The van der Waals surface area contributed by atoms with Crippen molar-refractivity contribution in [2.24, 2.45) is 5.92 Å². The molecule has 0 aliphatic heterocycles. The highest BCUT2D eigenvalue weighted by atomic mass is 19.4. The van der Waals surface area contributed by atoms with Crippen LogP contribution in [0.25, 0.3) is 21.9 Å². The van der Waals surface area contributed by atoms with E-state index in [1.54, 1.807) is 6.07 Å². The first kappa shape index (κ1) is 26.0. The molecule has 0 saturated heterocycles. The molecule has 1 aromatic heterocycles. The van der Waals surface area contributed by atoms with E-state index in [1.807, 2.05) is 51.0 Å². The van der Waals surface area contributed by atoms with Gasteiger partial charge in [0, 0.05) is 17.3 Å². The van der Waals surface area contributed by atoms with Gasteiger partial charge in [-0.25, -0.2) is 0 Å². The highest BCUT2D eigenvalue weighted by Gasteiger charge is 2.47. The zero-order chi connectivity index (χ0) is 26.3. The van der Waals surface area contributed by atoms with Crippen LogP contribution in [0.3, 0.4) is 0 Å². The maximum Gasteiger partial charge on any atom is 0.407 e. The van der Waals surface area contributed by atoms with Crippen LogP contribution in [0, 0.1) is 17.2 Å². The zero-order valence-electron chi connectivity index (χ0n) is 20.9. The third kappa shape index (κ3) is 5.66. The van der Waals surface area contributed by atoms with Crippen LogP contribution in [0.2, 0.25) is 0 Å². The van der Waals surface area contributed by atoms with Gasteiger partial charge in [-0.3, -0.25) is 10.1 Å². The van der Waals surface area contributed by atoms with Crippen LogP contribution in [0.1, 0.15) is 50.3 Å². The molecule has 1 aliphatic rings. The van der Waals surface area contributed by atoms with Crippen molar-refractivity contribution in [3.05, 3.63) is 47.5 Å². The minimum Gasteiger partial charge on any atom is -0.456 e. The van der Waals surface area contributed by atoms with Crippen molar-refractivity contribution < 1.29 is 22.4 Å². The SMILES string of the molecule is CC(C)C[C@H](N[C@@H](c1ccc2c(c1)oc1ccc(CN(C)C)cc12)C(F)(F)F)C(=O)NC1(C#N)CC1. The standard InChI is InChI=1S/C27H31F3N4O2/c1-16(2)11-21(25(35)33-26(15-31)9-10-26)32-24(27(28,29)30)18-6-7-19-20-12-17(14-34(3)4)5-8-22(20)36-23(19)13-18/h5-8,12-13,16,21,24,32H,9-11,14H2,1-4H3,(H,33,35)/t21-,24-/m0/s1. The number of nitrogens with one attached hydrogen (secondary N) is 2. The molecule has 0 radical (unpaired) electrons. The van der Waals surface area contributed by atoms with Crippen molar-refractivity contribution >= 4 is 27.8 Å². The van der Waals surface area contributed by atoms with E-state index in [2.05, 4.69) is 16.7 Å². The number of rotatable bonds is 9. The molecule has 0 bridgehead atoms. The van der Waals surface area contributed by atoms with E-state index in [0.29, 0.717) is 24.0 Å². The van der Waals surface area contributed by atoms with Crippen molar-refractivity contribution in [3.8, 4) is 6.07 Å². The molecular formula is C27H31F3N4O2. The van der Waals surface area contributed by atoms with Gasteiger partial charge in [0.15, 0.2) is 0 Å². The van der Waals surface area contributed by atoms with Gasteiger partial charge >= 0.3 is 6.18 Å². The van der Waals surface area contributed by atoms with Crippen LogP contribution in [0.15, 0.2) is 40.8 Å². The van der Waals surface area contributed by atoms with Gasteiger partial charge in [-0.2, -0.15) is 18.4 Å². The molecule has 1 fully saturated rings. The lowest BCUT2D eigenvalue weighted by Gasteiger charge is -2.29. The van der Waals surface area contributed by atoms with E-state index in [9.17, 15) is 23.2 Å². The summed E-state index contributed by atoms with van der Waals surface area (Å²) in [6.45, 7) is 4.41. The van der Waals surface area contributed by atoms with Crippen molar-refractivity contribution in [2.75, 3.05) is 14.1 Å². The Morgan fingerprint density at radius 2 is 1.86 bits per heavy atom. The Kier molecular flexibility index (Phi) is 7.04. The van der Waals surface area contributed by atoms with Gasteiger partial charge in [-0.05, 0) is 68.6 Å². The average molecular weight is 501 g/mol. The fourth-order valence-electron chi connectivity index (χ4n) is 4.50. The summed E-state index contributed by atoms with van der Waals surface area (Å²) >= 11 is 0. The molecule has 0 unspecified atom stereocenters. The average Bonchev–Trinajstić information content (AvgIpc) is 3.46. The van der Waals surface area contributed by atoms with Gasteiger partial charge in [0.25, 0.3) is 0 Å². The van der Waals surface area contributed by atoms with Crippen LogP contribution in [-0.2, 0) is 11.3 Å². The van der Waals surface area contributed by atoms with Crippen LogP contribution in [0.4, 0.5) is 13.2 Å². The Bertz CT molecular complexity index is 1300.